The Bertz CT molecular complexity index is 503. The molecule has 0 fully saturated rings. The van der Waals surface area contributed by atoms with Crippen LogP contribution in [0.15, 0.2) is 30.5 Å². The van der Waals surface area contributed by atoms with Crippen molar-refractivity contribution in [2.45, 2.75) is 27.0 Å². The van der Waals surface area contributed by atoms with Crippen molar-refractivity contribution in [1.29, 1.82) is 0 Å². The minimum Gasteiger partial charge on any atom is -0.497 e. The van der Waals surface area contributed by atoms with Crippen LogP contribution in [0.1, 0.15) is 18.4 Å². The summed E-state index contributed by atoms with van der Waals surface area (Å²) in [6.45, 7) is 5.47. The molecule has 0 unspecified atom stereocenters. The van der Waals surface area contributed by atoms with Gasteiger partial charge in [0.25, 0.3) is 0 Å². The lowest BCUT2D eigenvalue weighted by Crippen LogP contribution is -2.05. The molecule has 0 aliphatic carbocycles. The molecule has 4 nitrogen and oxygen atoms in total. The Balaban J connectivity index is 2.01. The number of hydrogen-bond donors (Lipinski definition) is 0. The first kappa shape index (κ1) is 12.5. The lowest BCUT2D eigenvalue weighted by Gasteiger charge is -2.08. The van der Waals surface area contributed by atoms with Crippen LogP contribution >= 0.6 is 0 Å². The average Bonchev–Trinajstić information content (AvgIpc) is 2.77. The molecule has 0 saturated heterocycles. The van der Waals surface area contributed by atoms with Crippen LogP contribution in [0.2, 0.25) is 0 Å². The maximum Gasteiger partial charge on any atom is 0.147 e. The number of ether oxygens (including phenoxy) is 2. The Morgan fingerprint density at radius 2 is 1.83 bits per heavy atom. The summed E-state index contributed by atoms with van der Waals surface area (Å²) in [5.74, 6) is 2.60. The van der Waals surface area contributed by atoms with E-state index in [0.29, 0.717) is 6.61 Å². The highest BCUT2D eigenvalue weighted by atomic mass is 16.5. The summed E-state index contributed by atoms with van der Waals surface area (Å²) in [5, 5.41) is 0. The van der Waals surface area contributed by atoms with Gasteiger partial charge in [0.1, 0.15) is 23.9 Å². The van der Waals surface area contributed by atoms with Gasteiger partial charge in [-0.2, -0.15) is 0 Å². The van der Waals surface area contributed by atoms with Crippen molar-refractivity contribution in [2.24, 2.45) is 0 Å². The molecule has 96 valence electrons. The SMILES string of the molecule is CCn1cc(C)nc1COc1ccc(OC)cc1. The zero-order valence-corrected chi connectivity index (χ0v) is 11.0. The molecule has 18 heavy (non-hydrogen) atoms. The zero-order valence-electron chi connectivity index (χ0n) is 11.0. The van der Waals surface area contributed by atoms with Gasteiger partial charge in [0.2, 0.25) is 0 Å². The van der Waals surface area contributed by atoms with E-state index in [1.165, 1.54) is 0 Å². The van der Waals surface area contributed by atoms with Gasteiger partial charge in [-0.25, -0.2) is 4.98 Å². The van der Waals surface area contributed by atoms with Gasteiger partial charge in [-0.15, -0.1) is 0 Å². The fourth-order valence-electron chi connectivity index (χ4n) is 1.81. The van der Waals surface area contributed by atoms with Crippen LogP contribution in [0, 0.1) is 6.92 Å². The largest absolute Gasteiger partial charge is 0.497 e. The second kappa shape index (κ2) is 5.58. The number of nitrogens with zero attached hydrogens (tertiary/aromatic N) is 2. The van der Waals surface area contributed by atoms with Crippen LogP contribution in [-0.4, -0.2) is 16.7 Å². The maximum absolute atomic E-state index is 5.71. The normalized spacial score (nSPS) is 10.4. The predicted octanol–water partition coefficient (Wildman–Crippen LogP) is 2.80. The van der Waals surface area contributed by atoms with Gasteiger partial charge < -0.3 is 14.0 Å². The van der Waals surface area contributed by atoms with Crippen molar-refractivity contribution >= 4 is 0 Å². The van der Waals surface area contributed by atoms with Crippen molar-refractivity contribution in [3.8, 4) is 11.5 Å². The summed E-state index contributed by atoms with van der Waals surface area (Å²) in [7, 11) is 1.65. The zero-order chi connectivity index (χ0) is 13.0. The van der Waals surface area contributed by atoms with Gasteiger partial charge in [-0.3, -0.25) is 0 Å². The molecule has 0 aliphatic rings. The van der Waals surface area contributed by atoms with E-state index in [0.717, 1.165) is 29.6 Å². The smallest absolute Gasteiger partial charge is 0.147 e. The summed E-state index contributed by atoms with van der Waals surface area (Å²) >= 11 is 0. The molecule has 1 aromatic heterocycles. The van der Waals surface area contributed by atoms with Crippen LogP contribution in [0.3, 0.4) is 0 Å². The summed E-state index contributed by atoms with van der Waals surface area (Å²) in [4.78, 5) is 4.44. The first-order valence-electron chi connectivity index (χ1n) is 6.02. The van der Waals surface area contributed by atoms with E-state index in [-0.39, 0.29) is 0 Å². The standard InChI is InChI=1S/C14H18N2O2/c1-4-16-9-11(2)15-14(16)10-18-13-7-5-12(17-3)6-8-13/h5-9H,4,10H2,1-3H3. The van der Waals surface area contributed by atoms with E-state index >= 15 is 0 Å². The van der Waals surface area contributed by atoms with Gasteiger partial charge in [0.15, 0.2) is 0 Å². The van der Waals surface area contributed by atoms with Gasteiger partial charge in [0, 0.05) is 12.7 Å². The Labute approximate surface area is 107 Å². The first-order chi connectivity index (χ1) is 8.72. The van der Waals surface area contributed by atoms with E-state index in [1.54, 1.807) is 7.11 Å². The van der Waals surface area contributed by atoms with E-state index in [9.17, 15) is 0 Å². The van der Waals surface area contributed by atoms with E-state index in [2.05, 4.69) is 16.5 Å². The van der Waals surface area contributed by atoms with E-state index in [4.69, 9.17) is 9.47 Å². The number of aryl methyl sites for hydroxylation is 2. The maximum atomic E-state index is 5.71. The topological polar surface area (TPSA) is 36.3 Å². The lowest BCUT2D eigenvalue weighted by molar-refractivity contribution is 0.289. The van der Waals surface area contributed by atoms with E-state index < -0.39 is 0 Å². The molecule has 2 rings (SSSR count). The molecule has 1 aromatic carbocycles. The monoisotopic (exact) mass is 246 g/mol. The van der Waals surface area contributed by atoms with Crippen LogP contribution in [0.5, 0.6) is 11.5 Å². The number of methoxy groups -OCH3 is 1. The summed E-state index contributed by atoms with van der Waals surface area (Å²) in [5.41, 5.74) is 1.02. The molecule has 1 heterocycles. The molecule has 0 saturated carbocycles. The minimum atomic E-state index is 0.480. The molecule has 4 heteroatoms. The van der Waals surface area contributed by atoms with Crippen molar-refractivity contribution < 1.29 is 9.47 Å². The van der Waals surface area contributed by atoms with E-state index in [1.807, 2.05) is 37.4 Å². The highest BCUT2D eigenvalue weighted by molar-refractivity contribution is 5.31. The molecule has 0 atom stereocenters. The van der Waals surface area contributed by atoms with Crippen molar-refractivity contribution in [3.63, 3.8) is 0 Å². The average molecular weight is 246 g/mol. The Morgan fingerprint density at radius 3 is 2.44 bits per heavy atom. The van der Waals surface area contributed by atoms with Crippen LogP contribution in [0.25, 0.3) is 0 Å². The minimum absolute atomic E-state index is 0.480. The molecule has 0 spiro atoms. The molecule has 2 aromatic rings. The second-order valence-corrected chi connectivity index (χ2v) is 4.05. The molecule has 0 aliphatic heterocycles. The number of hydrogen-bond acceptors (Lipinski definition) is 3. The van der Waals surface area contributed by atoms with Crippen LogP contribution < -0.4 is 9.47 Å². The third kappa shape index (κ3) is 2.83. The van der Waals surface area contributed by atoms with Gasteiger partial charge in [0.05, 0.1) is 12.8 Å². The second-order valence-electron chi connectivity index (χ2n) is 4.05. The van der Waals surface area contributed by atoms with Crippen LogP contribution in [-0.2, 0) is 13.2 Å². The third-order valence-corrected chi connectivity index (χ3v) is 2.75. The highest BCUT2D eigenvalue weighted by Gasteiger charge is 2.05. The fraction of sp³-hybridized carbons (Fsp3) is 0.357. The molecular weight excluding hydrogens is 228 g/mol. The Morgan fingerprint density at radius 1 is 1.17 bits per heavy atom. The predicted molar refractivity (Wildman–Crippen MR) is 70.0 cm³/mol. The molecule has 0 amide bonds. The van der Waals surface area contributed by atoms with Gasteiger partial charge >= 0.3 is 0 Å². The Kier molecular flexibility index (Phi) is 3.87. The van der Waals surface area contributed by atoms with Crippen LogP contribution in [0.4, 0.5) is 0 Å². The van der Waals surface area contributed by atoms with Crippen molar-refractivity contribution in [3.05, 3.63) is 42.0 Å². The number of benzene rings is 1. The van der Waals surface area contributed by atoms with Crippen molar-refractivity contribution in [2.75, 3.05) is 7.11 Å². The molecule has 0 N–H and O–H groups in total. The van der Waals surface area contributed by atoms with Crippen molar-refractivity contribution in [1.82, 2.24) is 9.55 Å². The summed E-state index contributed by atoms with van der Waals surface area (Å²) < 4.78 is 12.9. The molecule has 0 radical (unpaired) electrons. The highest BCUT2D eigenvalue weighted by Crippen LogP contribution is 2.18. The first-order valence-corrected chi connectivity index (χ1v) is 6.02. The van der Waals surface area contributed by atoms with Gasteiger partial charge in [-0.05, 0) is 38.1 Å². The van der Waals surface area contributed by atoms with Gasteiger partial charge in [-0.1, -0.05) is 0 Å². The number of rotatable bonds is 5. The third-order valence-electron chi connectivity index (χ3n) is 2.75. The lowest BCUT2D eigenvalue weighted by atomic mass is 10.3. The quantitative estimate of drug-likeness (QED) is 0.814. The molecular formula is C14H18N2O2. The Hall–Kier alpha value is -1.97. The summed E-state index contributed by atoms with van der Waals surface area (Å²) in [6, 6.07) is 7.55. The fourth-order valence-corrected chi connectivity index (χ4v) is 1.81. The number of imidazole rings is 1. The number of aromatic nitrogens is 2. The summed E-state index contributed by atoms with van der Waals surface area (Å²) in [6.07, 6.45) is 2.03. The molecule has 0 bridgehead atoms.